The van der Waals surface area contributed by atoms with E-state index in [1.165, 1.54) is 82.7 Å². The Bertz CT molecular complexity index is 2830. The van der Waals surface area contributed by atoms with Gasteiger partial charge in [0.2, 0.25) is 0 Å². The van der Waals surface area contributed by atoms with Gasteiger partial charge in [0.15, 0.2) is 0 Å². The molecule has 2 aliphatic carbocycles. The van der Waals surface area contributed by atoms with E-state index in [1.807, 2.05) is 0 Å². The number of aromatic nitrogens is 2. The lowest BCUT2D eigenvalue weighted by Gasteiger charge is -2.31. The highest BCUT2D eigenvalue weighted by Crippen LogP contribution is 2.64. The fourth-order valence-electron chi connectivity index (χ4n) is 9.40. The van der Waals surface area contributed by atoms with Crippen molar-refractivity contribution >= 4 is 32.6 Å². The molecule has 1 spiro atoms. The maximum absolute atomic E-state index is 5.04. The van der Waals surface area contributed by atoms with Crippen molar-refractivity contribution in [2.24, 2.45) is 0 Å². The van der Waals surface area contributed by atoms with Gasteiger partial charge in [-0.15, -0.1) is 0 Å². The van der Waals surface area contributed by atoms with E-state index in [0.29, 0.717) is 0 Å². The minimum atomic E-state index is -0.394. The topological polar surface area (TPSA) is 17.8 Å². The zero-order valence-corrected chi connectivity index (χ0v) is 28.4. The fourth-order valence-corrected chi connectivity index (χ4v) is 9.40. The van der Waals surface area contributed by atoms with Crippen molar-refractivity contribution in [1.29, 1.82) is 0 Å². The highest BCUT2D eigenvalue weighted by molar-refractivity contribution is 6.06. The smallest absolute Gasteiger partial charge is 0.141 e. The molecule has 9 aromatic rings. The molecule has 0 N–H and O–H groups in total. The summed E-state index contributed by atoms with van der Waals surface area (Å²) in [7, 11) is 0. The molecule has 0 saturated carbocycles. The largest absolute Gasteiger partial charge is 0.324 e. The zero-order valence-electron chi connectivity index (χ0n) is 28.4. The van der Waals surface area contributed by atoms with Crippen molar-refractivity contribution in [3.05, 3.63) is 186 Å². The Hall–Kier alpha value is -6.25. The third kappa shape index (κ3) is 3.85. The van der Waals surface area contributed by atoms with Gasteiger partial charge in [-0.25, -0.2) is 4.98 Å². The molecule has 2 heteroatoms. The Morgan fingerprint density at radius 3 is 1.96 bits per heavy atom. The van der Waals surface area contributed by atoms with Crippen molar-refractivity contribution in [1.82, 2.24) is 9.55 Å². The van der Waals surface area contributed by atoms with E-state index in [0.717, 1.165) is 29.9 Å². The quantitative estimate of drug-likeness (QED) is 0.185. The molecule has 2 nitrogen and oxygen atoms in total. The Labute approximate surface area is 297 Å². The lowest BCUT2D eigenvalue weighted by atomic mass is 9.69. The van der Waals surface area contributed by atoms with Crippen LogP contribution in [0.3, 0.4) is 0 Å². The van der Waals surface area contributed by atoms with Crippen LogP contribution in [0.2, 0.25) is 0 Å². The van der Waals surface area contributed by atoms with Crippen molar-refractivity contribution < 1.29 is 0 Å². The van der Waals surface area contributed by atoms with Gasteiger partial charge in [-0.2, -0.15) is 0 Å². The van der Waals surface area contributed by atoms with Gasteiger partial charge in [-0.05, 0) is 114 Å². The predicted octanol–water partition coefficient (Wildman–Crippen LogP) is 12.4. The number of hydrogen-bond acceptors (Lipinski definition) is 1. The molecule has 0 unspecified atom stereocenters. The third-order valence-corrected chi connectivity index (χ3v) is 11.5. The predicted molar refractivity (Wildman–Crippen MR) is 212 cm³/mol. The van der Waals surface area contributed by atoms with Crippen LogP contribution in [0.1, 0.15) is 35.6 Å². The van der Waals surface area contributed by atoms with Gasteiger partial charge in [0, 0.05) is 12.1 Å². The summed E-state index contributed by atoms with van der Waals surface area (Å²) in [5, 5.41) is 5.14. The van der Waals surface area contributed by atoms with Crippen LogP contribution in [-0.4, -0.2) is 9.55 Å². The Kier molecular flexibility index (Phi) is 5.95. The molecule has 0 saturated heterocycles. The van der Waals surface area contributed by atoms with Crippen LogP contribution < -0.4 is 0 Å². The highest BCUT2D eigenvalue weighted by atomic mass is 15.1. The van der Waals surface area contributed by atoms with E-state index in [-0.39, 0.29) is 0 Å². The lowest BCUT2D eigenvalue weighted by Crippen LogP contribution is -2.26. The molecule has 0 fully saturated rings. The second-order valence-electron chi connectivity index (χ2n) is 14.2. The van der Waals surface area contributed by atoms with Gasteiger partial charge < -0.3 is 4.57 Å². The van der Waals surface area contributed by atoms with Gasteiger partial charge in [-0.1, -0.05) is 140 Å². The SMILES string of the molecule is CCCn1c(-c2ccc(-c3ccc4cc5c(cc4c3)C3(c4ccccc4-c4ccccc43)c3c-5ccc4ccccc34)cc2)nc2ccccc21. The summed E-state index contributed by atoms with van der Waals surface area (Å²) in [5.41, 5.74) is 16.3. The Morgan fingerprint density at radius 2 is 1.16 bits per heavy atom. The van der Waals surface area contributed by atoms with Crippen molar-refractivity contribution in [2.75, 3.05) is 0 Å². The summed E-state index contributed by atoms with van der Waals surface area (Å²) >= 11 is 0. The molecule has 0 bridgehead atoms. The molecule has 0 radical (unpaired) electrons. The van der Waals surface area contributed by atoms with Gasteiger partial charge >= 0.3 is 0 Å². The number of para-hydroxylation sites is 2. The van der Waals surface area contributed by atoms with Crippen LogP contribution >= 0.6 is 0 Å². The van der Waals surface area contributed by atoms with Crippen LogP contribution in [-0.2, 0) is 12.0 Å². The van der Waals surface area contributed by atoms with Gasteiger partial charge in [-0.3, -0.25) is 0 Å². The van der Waals surface area contributed by atoms with Gasteiger partial charge in [0.1, 0.15) is 5.82 Å². The molecule has 11 rings (SSSR count). The van der Waals surface area contributed by atoms with E-state index >= 15 is 0 Å². The summed E-state index contributed by atoms with van der Waals surface area (Å²) < 4.78 is 2.36. The van der Waals surface area contributed by atoms with Crippen LogP contribution in [0.5, 0.6) is 0 Å². The first-order valence-electron chi connectivity index (χ1n) is 18.1. The number of rotatable bonds is 4. The zero-order chi connectivity index (χ0) is 33.7. The molecule has 2 aliphatic rings. The van der Waals surface area contributed by atoms with Crippen LogP contribution in [0.15, 0.2) is 164 Å². The summed E-state index contributed by atoms with van der Waals surface area (Å²) in [6.07, 6.45) is 1.06. The number of fused-ring (bicyclic) bond motifs is 14. The molecular formula is C49H34N2. The van der Waals surface area contributed by atoms with Crippen LogP contribution in [0, 0.1) is 0 Å². The highest BCUT2D eigenvalue weighted by Gasteiger charge is 2.52. The van der Waals surface area contributed by atoms with E-state index < -0.39 is 5.41 Å². The standard InChI is InChI=1S/C49H34N2/c1-2-27-51-46-18-10-9-17-45(46)50-48(51)33-21-19-31(20-22-33)34-23-24-35-29-41-40-26-25-32-11-3-4-12-37(32)47(40)49(44(41)30-36(35)28-34)42-15-7-5-13-38(42)39-14-6-8-16-43(39)49/h3-26,28-30H,2,27H2,1H3. The summed E-state index contributed by atoms with van der Waals surface area (Å²) in [6.45, 7) is 3.17. The van der Waals surface area contributed by atoms with E-state index in [2.05, 4.69) is 175 Å². The monoisotopic (exact) mass is 650 g/mol. The lowest BCUT2D eigenvalue weighted by molar-refractivity contribution is 0.704. The van der Waals surface area contributed by atoms with Gasteiger partial charge in [0.05, 0.1) is 16.4 Å². The summed E-state index contributed by atoms with van der Waals surface area (Å²) in [4.78, 5) is 5.04. The molecule has 0 amide bonds. The molecule has 1 aromatic heterocycles. The molecule has 51 heavy (non-hydrogen) atoms. The summed E-state index contributed by atoms with van der Waals surface area (Å²) in [6, 6.07) is 61.1. The van der Waals surface area contributed by atoms with E-state index in [1.54, 1.807) is 0 Å². The first-order chi connectivity index (χ1) is 25.2. The van der Waals surface area contributed by atoms with Crippen LogP contribution in [0.25, 0.3) is 77.3 Å². The van der Waals surface area contributed by atoms with E-state index in [4.69, 9.17) is 4.98 Å². The fraction of sp³-hybridized carbons (Fsp3) is 0.0816. The Balaban J connectivity index is 1.10. The van der Waals surface area contributed by atoms with Crippen molar-refractivity contribution in [2.45, 2.75) is 25.3 Å². The molecule has 240 valence electrons. The summed E-state index contributed by atoms with van der Waals surface area (Å²) in [5.74, 6) is 1.04. The first kappa shape index (κ1) is 28.6. The normalized spacial score (nSPS) is 13.5. The van der Waals surface area contributed by atoms with E-state index in [9.17, 15) is 0 Å². The Morgan fingerprint density at radius 1 is 0.490 bits per heavy atom. The maximum Gasteiger partial charge on any atom is 0.141 e. The second kappa shape index (κ2) is 10.6. The molecule has 0 aliphatic heterocycles. The third-order valence-electron chi connectivity index (χ3n) is 11.5. The van der Waals surface area contributed by atoms with Crippen molar-refractivity contribution in [3.8, 4) is 44.8 Å². The van der Waals surface area contributed by atoms with Crippen molar-refractivity contribution in [3.63, 3.8) is 0 Å². The minimum absolute atomic E-state index is 0.394. The first-order valence-corrected chi connectivity index (χ1v) is 18.1. The second-order valence-corrected chi connectivity index (χ2v) is 14.2. The number of imidazole rings is 1. The maximum atomic E-state index is 5.04. The number of nitrogens with zero attached hydrogens (tertiary/aromatic N) is 2. The number of hydrogen-bond donors (Lipinski definition) is 0. The average molecular weight is 651 g/mol. The molecule has 0 atom stereocenters. The molecule has 1 heterocycles. The average Bonchev–Trinajstić information content (AvgIpc) is 3.81. The van der Waals surface area contributed by atoms with Crippen LogP contribution in [0.4, 0.5) is 0 Å². The molecule has 8 aromatic carbocycles. The number of benzene rings is 8. The van der Waals surface area contributed by atoms with Gasteiger partial charge in [0.25, 0.3) is 0 Å². The number of aryl methyl sites for hydroxylation is 1. The molecular weight excluding hydrogens is 617 g/mol. The minimum Gasteiger partial charge on any atom is -0.324 e.